The van der Waals surface area contributed by atoms with Gasteiger partial charge in [-0.3, -0.25) is 0 Å². The molecule has 0 radical (unpaired) electrons. The van der Waals surface area contributed by atoms with Crippen LogP contribution >= 0.6 is 23.2 Å². The molecule has 0 heterocycles. The van der Waals surface area contributed by atoms with Crippen molar-refractivity contribution >= 4 is 28.9 Å². The number of nitrogens with one attached hydrogen (secondary N) is 2. The zero-order valence-electron chi connectivity index (χ0n) is 7.40. The number of hydrogen-bond donors (Lipinski definition) is 2. The quantitative estimate of drug-likeness (QED) is 0.760. The summed E-state index contributed by atoms with van der Waals surface area (Å²) in [6.07, 6.45) is 0. The molecule has 0 aliphatic rings. The number of hydrogen-bond acceptors (Lipinski definition) is 2. The Bertz CT molecular complexity index is 276. The molecule has 0 aromatic heterocycles. The van der Waals surface area contributed by atoms with Crippen LogP contribution in [0.15, 0.2) is 18.2 Å². The highest BCUT2D eigenvalue weighted by Gasteiger charge is 1.99. The summed E-state index contributed by atoms with van der Waals surface area (Å²) in [5.41, 5.74) is 0.879. The molecule has 72 valence electrons. The van der Waals surface area contributed by atoms with Crippen LogP contribution in [0.2, 0.25) is 10.0 Å². The van der Waals surface area contributed by atoms with Crippen LogP contribution in [0, 0.1) is 0 Å². The Morgan fingerprint density at radius 3 is 2.69 bits per heavy atom. The van der Waals surface area contributed by atoms with E-state index < -0.39 is 0 Å². The average Bonchev–Trinajstić information content (AvgIpc) is 2.11. The lowest BCUT2D eigenvalue weighted by atomic mass is 10.3. The van der Waals surface area contributed by atoms with Gasteiger partial charge in [-0.2, -0.15) is 0 Å². The van der Waals surface area contributed by atoms with Crippen molar-refractivity contribution in [2.45, 2.75) is 0 Å². The minimum atomic E-state index is 0.691. The zero-order chi connectivity index (χ0) is 9.68. The van der Waals surface area contributed by atoms with E-state index in [4.69, 9.17) is 23.2 Å². The highest BCUT2D eigenvalue weighted by molar-refractivity contribution is 6.35. The third-order valence-corrected chi connectivity index (χ3v) is 2.18. The maximum Gasteiger partial charge on any atom is 0.0638 e. The summed E-state index contributed by atoms with van der Waals surface area (Å²) < 4.78 is 0. The molecule has 2 nitrogen and oxygen atoms in total. The molecule has 0 amide bonds. The molecule has 0 spiro atoms. The highest BCUT2D eigenvalue weighted by Crippen LogP contribution is 2.24. The number of anilines is 1. The molecule has 0 atom stereocenters. The van der Waals surface area contributed by atoms with Crippen molar-refractivity contribution in [3.8, 4) is 0 Å². The molecule has 4 heteroatoms. The van der Waals surface area contributed by atoms with Crippen molar-refractivity contribution in [3.05, 3.63) is 28.2 Å². The first-order chi connectivity index (χ1) is 6.24. The predicted octanol–water partition coefficient (Wildman–Crippen LogP) is 2.62. The Kier molecular flexibility index (Phi) is 4.36. The molecule has 0 unspecified atom stereocenters. The summed E-state index contributed by atoms with van der Waals surface area (Å²) in [5, 5.41) is 7.60. The topological polar surface area (TPSA) is 24.1 Å². The second kappa shape index (κ2) is 5.32. The van der Waals surface area contributed by atoms with Crippen LogP contribution < -0.4 is 10.6 Å². The smallest absolute Gasteiger partial charge is 0.0638 e. The first-order valence-electron chi connectivity index (χ1n) is 4.07. The van der Waals surface area contributed by atoms with Crippen molar-refractivity contribution in [2.75, 3.05) is 25.5 Å². The van der Waals surface area contributed by atoms with Crippen LogP contribution in [0.5, 0.6) is 0 Å². The number of rotatable bonds is 4. The Morgan fingerprint density at radius 1 is 1.23 bits per heavy atom. The molecule has 13 heavy (non-hydrogen) atoms. The molecule has 0 aliphatic heterocycles. The summed E-state index contributed by atoms with van der Waals surface area (Å²) in [6.45, 7) is 1.72. The Hall–Kier alpha value is -0.440. The van der Waals surface area contributed by atoms with Crippen molar-refractivity contribution < 1.29 is 0 Å². The van der Waals surface area contributed by atoms with Crippen molar-refractivity contribution in [2.24, 2.45) is 0 Å². The Labute approximate surface area is 88.2 Å². The van der Waals surface area contributed by atoms with Gasteiger partial charge in [-0.15, -0.1) is 0 Å². The van der Waals surface area contributed by atoms with Crippen LogP contribution in [0.25, 0.3) is 0 Å². The van der Waals surface area contributed by atoms with Crippen LogP contribution in [-0.4, -0.2) is 20.1 Å². The van der Waals surface area contributed by atoms with Gasteiger partial charge in [-0.25, -0.2) is 0 Å². The van der Waals surface area contributed by atoms with Gasteiger partial charge in [0, 0.05) is 18.1 Å². The van der Waals surface area contributed by atoms with Gasteiger partial charge in [0.2, 0.25) is 0 Å². The number of likely N-dealkylation sites (N-methyl/N-ethyl adjacent to an activating group) is 1. The molecule has 0 fully saturated rings. The SMILES string of the molecule is CNCCNc1cc(Cl)ccc1Cl. The minimum Gasteiger partial charge on any atom is -0.383 e. The van der Waals surface area contributed by atoms with Crippen LogP contribution in [0.3, 0.4) is 0 Å². The lowest BCUT2D eigenvalue weighted by Crippen LogP contribution is -2.17. The summed E-state index contributed by atoms with van der Waals surface area (Å²) in [7, 11) is 1.90. The predicted molar refractivity (Wildman–Crippen MR) is 58.9 cm³/mol. The van der Waals surface area contributed by atoms with Crippen LogP contribution in [-0.2, 0) is 0 Å². The fourth-order valence-electron chi connectivity index (χ4n) is 0.955. The summed E-state index contributed by atoms with van der Waals surface area (Å²) in [6, 6.07) is 5.37. The second-order valence-electron chi connectivity index (χ2n) is 2.65. The van der Waals surface area contributed by atoms with Crippen molar-refractivity contribution in [1.29, 1.82) is 0 Å². The Morgan fingerprint density at radius 2 is 2.00 bits per heavy atom. The molecule has 0 aliphatic carbocycles. The third kappa shape index (κ3) is 3.43. The molecule has 2 N–H and O–H groups in total. The van der Waals surface area contributed by atoms with E-state index in [0.29, 0.717) is 10.0 Å². The van der Waals surface area contributed by atoms with Crippen molar-refractivity contribution in [1.82, 2.24) is 5.32 Å². The number of benzene rings is 1. The standard InChI is InChI=1S/C9H12Cl2N2/c1-12-4-5-13-9-6-7(10)2-3-8(9)11/h2-3,6,12-13H,4-5H2,1H3. The van der Waals surface area contributed by atoms with E-state index in [-0.39, 0.29) is 0 Å². The maximum absolute atomic E-state index is 5.93. The minimum absolute atomic E-state index is 0.691. The first-order valence-corrected chi connectivity index (χ1v) is 4.83. The van der Waals surface area contributed by atoms with Gasteiger partial charge in [0.25, 0.3) is 0 Å². The lowest BCUT2D eigenvalue weighted by Gasteiger charge is -2.07. The maximum atomic E-state index is 5.93. The van der Waals surface area contributed by atoms with E-state index in [0.717, 1.165) is 18.8 Å². The highest BCUT2D eigenvalue weighted by atomic mass is 35.5. The van der Waals surface area contributed by atoms with Gasteiger partial charge in [-0.05, 0) is 25.2 Å². The fraction of sp³-hybridized carbons (Fsp3) is 0.333. The number of halogens is 2. The summed E-state index contributed by atoms with van der Waals surface area (Å²) in [4.78, 5) is 0. The molecule has 1 aromatic rings. The Balaban J connectivity index is 2.59. The normalized spacial score (nSPS) is 10.1. The zero-order valence-corrected chi connectivity index (χ0v) is 8.91. The molecule has 0 saturated carbocycles. The van der Waals surface area contributed by atoms with E-state index in [2.05, 4.69) is 10.6 Å². The van der Waals surface area contributed by atoms with Gasteiger partial charge in [0.15, 0.2) is 0 Å². The van der Waals surface area contributed by atoms with Gasteiger partial charge < -0.3 is 10.6 Å². The van der Waals surface area contributed by atoms with E-state index in [1.807, 2.05) is 13.1 Å². The second-order valence-corrected chi connectivity index (χ2v) is 3.50. The lowest BCUT2D eigenvalue weighted by molar-refractivity contribution is 0.824. The van der Waals surface area contributed by atoms with E-state index in [1.54, 1.807) is 12.1 Å². The third-order valence-electron chi connectivity index (χ3n) is 1.62. The average molecular weight is 219 g/mol. The van der Waals surface area contributed by atoms with Crippen molar-refractivity contribution in [3.63, 3.8) is 0 Å². The molecular weight excluding hydrogens is 207 g/mol. The van der Waals surface area contributed by atoms with Crippen LogP contribution in [0.1, 0.15) is 0 Å². The molecular formula is C9H12Cl2N2. The van der Waals surface area contributed by atoms with Crippen LogP contribution in [0.4, 0.5) is 5.69 Å². The van der Waals surface area contributed by atoms with Gasteiger partial charge in [0.1, 0.15) is 0 Å². The first kappa shape index (κ1) is 10.6. The molecule has 1 rings (SSSR count). The monoisotopic (exact) mass is 218 g/mol. The van der Waals surface area contributed by atoms with E-state index in [9.17, 15) is 0 Å². The van der Waals surface area contributed by atoms with Gasteiger partial charge in [0.05, 0.1) is 10.7 Å². The van der Waals surface area contributed by atoms with E-state index >= 15 is 0 Å². The molecule has 0 saturated heterocycles. The van der Waals surface area contributed by atoms with E-state index in [1.165, 1.54) is 0 Å². The summed E-state index contributed by atoms with van der Waals surface area (Å²) in [5.74, 6) is 0. The molecule has 0 bridgehead atoms. The van der Waals surface area contributed by atoms with Gasteiger partial charge in [-0.1, -0.05) is 23.2 Å². The van der Waals surface area contributed by atoms with Gasteiger partial charge >= 0.3 is 0 Å². The summed E-state index contributed by atoms with van der Waals surface area (Å²) >= 11 is 11.7. The largest absolute Gasteiger partial charge is 0.383 e. The fourth-order valence-corrected chi connectivity index (χ4v) is 1.31. The molecule has 1 aromatic carbocycles.